The Kier molecular flexibility index (Phi) is 7.44. The van der Waals surface area contributed by atoms with Crippen LogP contribution in [0.4, 0.5) is 0 Å². The molecule has 1 saturated carbocycles. The standard InChI is InChI=1S/C16H32N2O/c1-5-18(6-2)16(19)11-12-17-15-9-7-14(8-10-15)13(3)4/h13-15,17H,5-12H2,1-4H3. The Morgan fingerprint density at radius 1 is 1.16 bits per heavy atom. The van der Waals surface area contributed by atoms with E-state index in [0.29, 0.717) is 12.5 Å². The summed E-state index contributed by atoms with van der Waals surface area (Å²) >= 11 is 0. The third-order valence-corrected chi connectivity index (χ3v) is 4.60. The molecule has 1 aliphatic carbocycles. The first-order chi connectivity index (χ1) is 9.08. The number of carbonyl (C=O) groups is 1. The summed E-state index contributed by atoms with van der Waals surface area (Å²) in [4.78, 5) is 13.8. The second-order valence-corrected chi connectivity index (χ2v) is 6.13. The Bertz CT molecular complexity index is 253. The minimum absolute atomic E-state index is 0.286. The SMILES string of the molecule is CCN(CC)C(=O)CCNC1CCC(C(C)C)CC1. The first-order valence-electron chi connectivity index (χ1n) is 8.09. The van der Waals surface area contributed by atoms with Gasteiger partial charge in [0.05, 0.1) is 0 Å². The molecule has 0 radical (unpaired) electrons. The fourth-order valence-corrected chi connectivity index (χ4v) is 3.11. The molecule has 0 atom stereocenters. The van der Waals surface area contributed by atoms with Crippen molar-refractivity contribution in [3.8, 4) is 0 Å². The molecule has 1 amide bonds. The second-order valence-electron chi connectivity index (χ2n) is 6.13. The smallest absolute Gasteiger partial charge is 0.223 e. The van der Waals surface area contributed by atoms with Crippen LogP contribution in [-0.4, -0.2) is 36.5 Å². The highest BCUT2D eigenvalue weighted by Crippen LogP contribution is 2.29. The van der Waals surface area contributed by atoms with E-state index in [1.807, 2.05) is 18.7 Å². The zero-order valence-corrected chi connectivity index (χ0v) is 13.2. The molecule has 19 heavy (non-hydrogen) atoms. The minimum atomic E-state index is 0.286. The fraction of sp³-hybridized carbons (Fsp3) is 0.938. The second kappa shape index (κ2) is 8.57. The molecular weight excluding hydrogens is 236 g/mol. The lowest BCUT2D eigenvalue weighted by molar-refractivity contribution is -0.130. The Labute approximate surface area is 119 Å². The number of rotatable bonds is 7. The third kappa shape index (κ3) is 5.52. The van der Waals surface area contributed by atoms with Crippen molar-refractivity contribution < 1.29 is 4.79 Å². The lowest BCUT2D eigenvalue weighted by Crippen LogP contribution is -2.38. The van der Waals surface area contributed by atoms with Crippen LogP contribution in [0.2, 0.25) is 0 Å². The highest BCUT2D eigenvalue weighted by atomic mass is 16.2. The van der Waals surface area contributed by atoms with Crippen LogP contribution in [0.5, 0.6) is 0 Å². The maximum Gasteiger partial charge on any atom is 0.223 e. The molecule has 0 aromatic heterocycles. The normalized spacial score (nSPS) is 23.6. The van der Waals surface area contributed by atoms with Crippen LogP contribution in [0.15, 0.2) is 0 Å². The molecule has 1 aliphatic rings. The summed E-state index contributed by atoms with van der Waals surface area (Å²) in [6, 6.07) is 0.638. The first kappa shape index (κ1) is 16.5. The van der Waals surface area contributed by atoms with E-state index in [9.17, 15) is 4.79 Å². The molecule has 112 valence electrons. The summed E-state index contributed by atoms with van der Waals surface area (Å²) in [7, 11) is 0. The van der Waals surface area contributed by atoms with Crippen molar-refractivity contribution in [2.45, 2.75) is 65.8 Å². The Balaban J connectivity index is 2.16. The Morgan fingerprint density at radius 3 is 2.21 bits per heavy atom. The fourth-order valence-electron chi connectivity index (χ4n) is 3.11. The molecule has 0 unspecified atom stereocenters. The molecule has 0 bridgehead atoms. The average Bonchev–Trinajstić information content (AvgIpc) is 2.40. The number of carbonyl (C=O) groups excluding carboxylic acids is 1. The molecule has 3 heteroatoms. The van der Waals surface area contributed by atoms with Crippen molar-refractivity contribution in [1.29, 1.82) is 0 Å². The van der Waals surface area contributed by atoms with Gasteiger partial charge < -0.3 is 10.2 Å². The number of hydrogen-bond donors (Lipinski definition) is 1. The van der Waals surface area contributed by atoms with Crippen molar-refractivity contribution in [2.75, 3.05) is 19.6 Å². The maximum absolute atomic E-state index is 11.9. The molecular formula is C16H32N2O. The van der Waals surface area contributed by atoms with Crippen molar-refractivity contribution in [1.82, 2.24) is 10.2 Å². The third-order valence-electron chi connectivity index (χ3n) is 4.60. The number of nitrogens with one attached hydrogen (secondary N) is 1. The van der Waals surface area contributed by atoms with E-state index in [1.165, 1.54) is 25.7 Å². The van der Waals surface area contributed by atoms with Gasteiger partial charge >= 0.3 is 0 Å². The largest absolute Gasteiger partial charge is 0.343 e. The van der Waals surface area contributed by atoms with E-state index in [2.05, 4.69) is 19.2 Å². The molecule has 0 heterocycles. The van der Waals surface area contributed by atoms with Gasteiger partial charge in [0.2, 0.25) is 5.91 Å². The molecule has 0 aliphatic heterocycles. The number of nitrogens with zero attached hydrogens (tertiary/aromatic N) is 1. The van der Waals surface area contributed by atoms with Crippen LogP contribution >= 0.6 is 0 Å². The van der Waals surface area contributed by atoms with E-state index >= 15 is 0 Å². The highest BCUT2D eigenvalue weighted by Gasteiger charge is 2.22. The van der Waals surface area contributed by atoms with Gasteiger partial charge in [-0.2, -0.15) is 0 Å². The van der Waals surface area contributed by atoms with Gasteiger partial charge in [-0.15, -0.1) is 0 Å². The lowest BCUT2D eigenvalue weighted by Gasteiger charge is -2.31. The van der Waals surface area contributed by atoms with Crippen LogP contribution in [0.1, 0.15) is 59.8 Å². The monoisotopic (exact) mass is 268 g/mol. The van der Waals surface area contributed by atoms with Crippen molar-refractivity contribution in [2.24, 2.45) is 11.8 Å². The van der Waals surface area contributed by atoms with Gasteiger partial charge in [-0.05, 0) is 51.4 Å². The van der Waals surface area contributed by atoms with Gasteiger partial charge in [0.25, 0.3) is 0 Å². The molecule has 0 aromatic rings. The number of hydrogen-bond acceptors (Lipinski definition) is 2. The van der Waals surface area contributed by atoms with Gasteiger partial charge in [0, 0.05) is 32.1 Å². The quantitative estimate of drug-likeness (QED) is 0.769. The minimum Gasteiger partial charge on any atom is -0.343 e. The summed E-state index contributed by atoms with van der Waals surface area (Å²) in [5, 5.41) is 3.57. The van der Waals surface area contributed by atoms with E-state index < -0.39 is 0 Å². The molecule has 0 aromatic carbocycles. The summed E-state index contributed by atoms with van der Waals surface area (Å²) in [6.07, 6.45) is 5.90. The van der Waals surface area contributed by atoms with Crippen molar-refractivity contribution in [3.05, 3.63) is 0 Å². The van der Waals surface area contributed by atoms with Crippen LogP contribution < -0.4 is 5.32 Å². The molecule has 1 N–H and O–H groups in total. The average molecular weight is 268 g/mol. The Morgan fingerprint density at radius 2 is 1.74 bits per heavy atom. The van der Waals surface area contributed by atoms with Crippen LogP contribution in [0.25, 0.3) is 0 Å². The van der Waals surface area contributed by atoms with Crippen molar-refractivity contribution >= 4 is 5.91 Å². The molecule has 3 nitrogen and oxygen atoms in total. The van der Waals surface area contributed by atoms with E-state index in [1.54, 1.807) is 0 Å². The van der Waals surface area contributed by atoms with Gasteiger partial charge in [0.15, 0.2) is 0 Å². The lowest BCUT2D eigenvalue weighted by atomic mass is 9.80. The zero-order valence-electron chi connectivity index (χ0n) is 13.2. The summed E-state index contributed by atoms with van der Waals surface area (Å²) in [5.41, 5.74) is 0. The van der Waals surface area contributed by atoms with E-state index in [0.717, 1.165) is 31.5 Å². The zero-order chi connectivity index (χ0) is 14.3. The van der Waals surface area contributed by atoms with E-state index in [4.69, 9.17) is 0 Å². The van der Waals surface area contributed by atoms with Gasteiger partial charge in [-0.25, -0.2) is 0 Å². The molecule has 1 rings (SSSR count). The molecule has 1 fully saturated rings. The van der Waals surface area contributed by atoms with Gasteiger partial charge in [0.1, 0.15) is 0 Å². The van der Waals surface area contributed by atoms with Crippen LogP contribution in [0.3, 0.4) is 0 Å². The number of amides is 1. The van der Waals surface area contributed by atoms with Crippen LogP contribution in [0, 0.1) is 11.8 Å². The highest BCUT2D eigenvalue weighted by molar-refractivity contribution is 5.76. The van der Waals surface area contributed by atoms with E-state index in [-0.39, 0.29) is 5.91 Å². The topological polar surface area (TPSA) is 32.3 Å². The maximum atomic E-state index is 11.9. The predicted molar refractivity (Wildman–Crippen MR) is 81.1 cm³/mol. The predicted octanol–water partition coefficient (Wildman–Crippen LogP) is 3.05. The summed E-state index contributed by atoms with van der Waals surface area (Å²) in [6.45, 7) is 11.3. The molecule has 0 spiro atoms. The van der Waals surface area contributed by atoms with Gasteiger partial charge in [-0.3, -0.25) is 4.79 Å². The first-order valence-corrected chi connectivity index (χ1v) is 8.09. The summed E-state index contributed by atoms with van der Waals surface area (Å²) < 4.78 is 0. The Hall–Kier alpha value is -0.570. The van der Waals surface area contributed by atoms with Crippen LogP contribution in [-0.2, 0) is 4.79 Å². The molecule has 0 saturated heterocycles. The summed E-state index contributed by atoms with van der Waals surface area (Å²) in [5.74, 6) is 2.02. The van der Waals surface area contributed by atoms with Crippen molar-refractivity contribution in [3.63, 3.8) is 0 Å². The van der Waals surface area contributed by atoms with Gasteiger partial charge in [-0.1, -0.05) is 13.8 Å².